The third-order valence-electron chi connectivity index (χ3n) is 3.08. The summed E-state index contributed by atoms with van der Waals surface area (Å²) in [6.07, 6.45) is 6.99. The number of nitrogens with one attached hydrogen (secondary N) is 1. The van der Waals surface area contributed by atoms with Crippen LogP contribution >= 0.6 is 23.4 Å². The molecule has 1 aromatic heterocycles. The van der Waals surface area contributed by atoms with Crippen molar-refractivity contribution in [1.82, 2.24) is 4.98 Å². The zero-order valence-corrected chi connectivity index (χ0v) is 11.2. The van der Waals surface area contributed by atoms with Gasteiger partial charge < -0.3 is 5.73 Å². The maximum Gasteiger partial charge on any atom is 0.124 e. The van der Waals surface area contributed by atoms with Gasteiger partial charge in [0, 0.05) is 17.5 Å². The number of hydrogen-bond donors (Lipinski definition) is 2. The minimum absolute atomic E-state index is 0.000108. The molecule has 0 atom stereocenters. The maximum absolute atomic E-state index is 7.43. The number of thioether (sulfide) groups is 1. The summed E-state index contributed by atoms with van der Waals surface area (Å²) in [6.45, 7) is 0. The second kappa shape index (κ2) is 5.74. The summed E-state index contributed by atoms with van der Waals surface area (Å²) in [5, 5.41) is 8.74. The van der Waals surface area contributed by atoms with Gasteiger partial charge in [0.15, 0.2) is 0 Å². The van der Waals surface area contributed by atoms with Gasteiger partial charge >= 0.3 is 0 Å². The number of hydrogen-bond acceptors (Lipinski definition) is 3. The zero-order valence-electron chi connectivity index (χ0n) is 9.58. The fourth-order valence-electron chi connectivity index (χ4n) is 2.11. The number of rotatable bonds is 4. The van der Waals surface area contributed by atoms with E-state index in [9.17, 15) is 0 Å². The second-order valence-electron chi connectivity index (χ2n) is 4.35. The van der Waals surface area contributed by atoms with Gasteiger partial charge in [-0.05, 0) is 24.8 Å². The van der Waals surface area contributed by atoms with Crippen LogP contribution in [0.1, 0.15) is 31.2 Å². The van der Waals surface area contributed by atoms with E-state index in [4.69, 9.17) is 22.7 Å². The standard InChI is InChI=1S/C12H16ClN3S/c13-10-9(11(14)15)5-6-16-12(10)17-7-8-3-1-2-4-8/h5-6,8H,1-4,7H2,(H3,14,15). The van der Waals surface area contributed by atoms with Crippen LogP contribution in [-0.4, -0.2) is 16.6 Å². The number of nitrogens with zero attached hydrogens (tertiary/aromatic N) is 1. The number of nitrogen functional groups attached to an aromatic ring is 1. The molecular formula is C12H16ClN3S. The smallest absolute Gasteiger partial charge is 0.124 e. The summed E-state index contributed by atoms with van der Waals surface area (Å²) < 4.78 is 0. The molecule has 5 heteroatoms. The van der Waals surface area contributed by atoms with E-state index < -0.39 is 0 Å². The molecule has 1 heterocycles. The number of amidine groups is 1. The third-order valence-corrected chi connectivity index (χ3v) is 4.79. The van der Waals surface area contributed by atoms with E-state index in [-0.39, 0.29) is 5.84 Å². The van der Waals surface area contributed by atoms with E-state index in [0.717, 1.165) is 16.7 Å². The first-order chi connectivity index (χ1) is 8.18. The Kier molecular flexibility index (Phi) is 4.29. The highest BCUT2D eigenvalue weighted by Gasteiger charge is 2.17. The lowest BCUT2D eigenvalue weighted by atomic mass is 10.1. The first kappa shape index (κ1) is 12.7. The summed E-state index contributed by atoms with van der Waals surface area (Å²) in [5.41, 5.74) is 6.04. The molecule has 0 unspecified atom stereocenters. The Morgan fingerprint density at radius 1 is 1.53 bits per heavy atom. The molecule has 1 saturated carbocycles. The topological polar surface area (TPSA) is 62.8 Å². The van der Waals surface area contributed by atoms with Crippen LogP contribution in [0.3, 0.4) is 0 Å². The normalized spacial score (nSPS) is 16.3. The predicted octanol–water partition coefficient (Wildman–Crippen LogP) is 3.30. The second-order valence-corrected chi connectivity index (χ2v) is 5.74. The number of aromatic nitrogens is 1. The molecule has 3 nitrogen and oxygen atoms in total. The minimum atomic E-state index is 0.000108. The molecule has 0 radical (unpaired) electrons. The van der Waals surface area contributed by atoms with Crippen LogP contribution in [0.25, 0.3) is 0 Å². The third kappa shape index (κ3) is 3.13. The first-order valence-corrected chi connectivity index (χ1v) is 7.16. The highest BCUT2D eigenvalue weighted by atomic mass is 35.5. The van der Waals surface area contributed by atoms with Crippen LogP contribution < -0.4 is 5.73 Å². The maximum atomic E-state index is 7.43. The largest absolute Gasteiger partial charge is 0.384 e. The first-order valence-electron chi connectivity index (χ1n) is 5.80. The van der Waals surface area contributed by atoms with Crippen molar-refractivity contribution in [3.8, 4) is 0 Å². The Hall–Kier alpha value is -0.740. The van der Waals surface area contributed by atoms with Gasteiger partial charge in [0.25, 0.3) is 0 Å². The van der Waals surface area contributed by atoms with Gasteiger partial charge in [-0.25, -0.2) is 4.98 Å². The van der Waals surface area contributed by atoms with Crippen molar-refractivity contribution in [2.75, 3.05) is 5.75 Å². The van der Waals surface area contributed by atoms with Crippen molar-refractivity contribution >= 4 is 29.2 Å². The van der Waals surface area contributed by atoms with Crippen LogP contribution in [0.2, 0.25) is 5.02 Å². The molecule has 1 aliphatic carbocycles. The van der Waals surface area contributed by atoms with Crippen molar-refractivity contribution in [3.63, 3.8) is 0 Å². The predicted molar refractivity (Wildman–Crippen MR) is 72.9 cm³/mol. The lowest BCUT2D eigenvalue weighted by molar-refractivity contribution is 0.623. The highest BCUT2D eigenvalue weighted by molar-refractivity contribution is 7.99. The summed E-state index contributed by atoms with van der Waals surface area (Å²) in [7, 11) is 0. The van der Waals surface area contributed by atoms with Crippen molar-refractivity contribution < 1.29 is 0 Å². The lowest BCUT2D eigenvalue weighted by Crippen LogP contribution is -2.12. The van der Waals surface area contributed by atoms with Crippen molar-refractivity contribution in [1.29, 1.82) is 5.41 Å². The van der Waals surface area contributed by atoms with Gasteiger partial charge in [0.1, 0.15) is 10.9 Å². The average molecular weight is 270 g/mol. The molecule has 2 rings (SSSR count). The quantitative estimate of drug-likeness (QED) is 0.501. The van der Waals surface area contributed by atoms with Crippen LogP contribution in [0, 0.1) is 11.3 Å². The van der Waals surface area contributed by atoms with Crippen molar-refractivity contribution in [3.05, 3.63) is 22.8 Å². The molecule has 1 aliphatic rings. The van der Waals surface area contributed by atoms with E-state index in [1.165, 1.54) is 25.7 Å². The van der Waals surface area contributed by atoms with Crippen LogP contribution in [0.15, 0.2) is 17.3 Å². The van der Waals surface area contributed by atoms with E-state index in [0.29, 0.717) is 10.6 Å². The summed E-state index contributed by atoms with van der Waals surface area (Å²) in [6, 6.07) is 1.68. The van der Waals surface area contributed by atoms with E-state index in [2.05, 4.69) is 4.98 Å². The molecule has 3 N–H and O–H groups in total. The molecule has 0 saturated heterocycles. The lowest BCUT2D eigenvalue weighted by Gasteiger charge is -2.10. The Labute approximate surface area is 111 Å². The molecule has 0 spiro atoms. The number of pyridine rings is 1. The summed E-state index contributed by atoms with van der Waals surface area (Å²) in [5.74, 6) is 1.85. The fourth-order valence-corrected chi connectivity index (χ4v) is 3.58. The molecule has 0 aromatic carbocycles. The minimum Gasteiger partial charge on any atom is -0.384 e. The highest BCUT2D eigenvalue weighted by Crippen LogP contribution is 2.33. The summed E-state index contributed by atoms with van der Waals surface area (Å²) in [4.78, 5) is 4.26. The number of halogens is 1. The molecule has 0 bridgehead atoms. The zero-order chi connectivity index (χ0) is 12.3. The molecule has 0 amide bonds. The Balaban J connectivity index is 2.04. The SMILES string of the molecule is N=C(N)c1ccnc(SCC2CCCC2)c1Cl. The van der Waals surface area contributed by atoms with Crippen LogP contribution in [0.5, 0.6) is 0 Å². The average Bonchev–Trinajstić information content (AvgIpc) is 2.80. The van der Waals surface area contributed by atoms with E-state index >= 15 is 0 Å². The van der Waals surface area contributed by atoms with Gasteiger partial charge in [-0.15, -0.1) is 11.8 Å². The molecule has 92 valence electrons. The van der Waals surface area contributed by atoms with Gasteiger partial charge in [-0.2, -0.15) is 0 Å². The van der Waals surface area contributed by atoms with Crippen LogP contribution in [-0.2, 0) is 0 Å². The van der Waals surface area contributed by atoms with Crippen molar-refractivity contribution in [2.24, 2.45) is 11.7 Å². The van der Waals surface area contributed by atoms with Gasteiger partial charge in [-0.3, -0.25) is 5.41 Å². The molecular weight excluding hydrogens is 254 g/mol. The monoisotopic (exact) mass is 269 g/mol. The van der Waals surface area contributed by atoms with Crippen LogP contribution in [0.4, 0.5) is 0 Å². The molecule has 1 fully saturated rings. The van der Waals surface area contributed by atoms with Gasteiger partial charge in [-0.1, -0.05) is 24.4 Å². The van der Waals surface area contributed by atoms with E-state index in [1.807, 2.05) is 0 Å². The Morgan fingerprint density at radius 3 is 2.88 bits per heavy atom. The fraction of sp³-hybridized carbons (Fsp3) is 0.500. The Bertz CT molecular complexity index is 416. The molecule has 1 aromatic rings. The molecule has 0 aliphatic heterocycles. The Morgan fingerprint density at radius 2 is 2.24 bits per heavy atom. The number of nitrogens with two attached hydrogens (primary N) is 1. The van der Waals surface area contributed by atoms with Gasteiger partial charge in [0.05, 0.1) is 5.02 Å². The van der Waals surface area contributed by atoms with Crippen molar-refractivity contribution in [2.45, 2.75) is 30.7 Å². The summed E-state index contributed by atoms with van der Waals surface area (Å²) >= 11 is 7.87. The van der Waals surface area contributed by atoms with E-state index in [1.54, 1.807) is 24.0 Å². The molecule has 17 heavy (non-hydrogen) atoms. The van der Waals surface area contributed by atoms with Gasteiger partial charge in [0.2, 0.25) is 0 Å².